The van der Waals surface area contributed by atoms with E-state index in [0.29, 0.717) is 17.6 Å². The van der Waals surface area contributed by atoms with E-state index < -0.39 is 9.85 Å². The summed E-state index contributed by atoms with van der Waals surface area (Å²) in [7, 11) is 0. The highest BCUT2D eigenvalue weighted by atomic mass is 16.6. The number of non-ortho nitro benzene ring substituents is 2. The first-order valence-corrected chi connectivity index (χ1v) is 9.22. The van der Waals surface area contributed by atoms with E-state index in [0.717, 1.165) is 11.0 Å². The van der Waals surface area contributed by atoms with Gasteiger partial charge in [0.2, 0.25) is 0 Å². The maximum atomic E-state index is 10.7. The van der Waals surface area contributed by atoms with Crippen LogP contribution in [0.1, 0.15) is 5.56 Å². The first-order valence-electron chi connectivity index (χ1n) is 9.22. The lowest BCUT2D eigenvalue weighted by Gasteiger charge is -2.04. The van der Waals surface area contributed by atoms with Crippen LogP contribution in [0.3, 0.4) is 0 Å². The molecule has 2 aromatic heterocycles. The average Bonchev–Trinajstić information content (AvgIpc) is 3.41. The molecule has 0 radical (unpaired) electrons. The Kier molecular flexibility index (Phi) is 5.35. The zero-order valence-electron chi connectivity index (χ0n) is 16.1. The van der Waals surface area contributed by atoms with E-state index in [9.17, 15) is 20.2 Å². The molecule has 0 bridgehead atoms. The Morgan fingerprint density at radius 1 is 0.839 bits per heavy atom. The first-order chi connectivity index (χ1) is 15.0. The van der Waals surface area contributed by atoms with Gasteiger partial charge in [-0.1, -0.05) is 30.3 Å². The number of nitro benzene ring substituents is 2. The van der Waals surface area contributed by atoms with E-state index in [1.807, 2.05) is 34.9 Å². The van der Waals surface area contributed by atoms with Crippen molar-refractivity contribution in [2.24, 2.45) is 0 Å². The normalized spacial score (nSPS) is 10.6. The summed E-state index contributed by atoms with van der Waals surface area (Å²) in [5.74, 6) is 0. The molecule has 3 aromatic carbocycles. The lowest BCUT2D eigenvalue weighted by molar-refractivity contribution is -0.384. The summed E-state index contributed by atoms with van der Waals surface area (Å²) in [6.45, 7) is 0.704. The third-order valence-electron chi connectivity index (χ3n) is 4.63. The molecule has 0 aliphatic heterocycles. The highest BCUT2D eigenvalue weighted by Gasteiger charge is 2.10. The van der Waals surface area contributed by atoms with Crippen LogP contribution in [0.25, 0.3) is 22.1 Å². The number of aromatic amines is 1. The molecule has 0 spiro atoms. The summed E-state index contributed by atoms with van der Waals surface area (Å²) in [5, 5.41) is 21.1. The van der Waals surface area contributed by atoms with Crippen LogP contribution < -0.4 is 0 Å². The van der Waals surface area contributed by atoms with Crippen LogP contribution in [-0.2, 0) is 6.54 Å². The highest BCUT2D eigenvalue weighted by molar-refractivity contribution is 5.78. The maximum absolute atomic E-state index is 10.7. The Morgan fingerprint density at radius 2 is 1.55 bits per heavy atom. The minimum Gasteiger partial charge on any atom is -0.344 e. The molecule has 0 aliphatic carbocycles. The molecule has 1 N–H and O–H groups in total. The largest absolute Gasteiger partial charge is 0.344 e. The molecule has 0 atom stereocenters. The van der Waals surface area contributed by atoms with Crippen LogP contribution in [0.2, 0.25) is 0 Å². The maximum Gasteiger partial charge on any atom is 0.271 e. The van der Waals surface area contributed by atoms with Crippen LogP contribution in [0.5, 0.6) is 0 Å². The number of nitro groups is 2. The number of hydrogen-bond donors (Lipinski definition) is 1. The summed E-state index contributed by atoms with van der Waals surface area (Å²) in [6.07, 6.45) is 3.22. The number of hydrogen-bond acceptors (Lipinski definition) is 6. The molecule has 0 fully saturated rings. The van der Waals surface area contributed by atoms with Gasteiger partial charge in [0.15, 0.2) is 0 Å². The zero-order chi connectivity index (χ0) is 21.8. The van der Waals surface area contributed by atoms with E-state index in [2.05, 4.69) is 15.0 Å². The lowest BCUT2D eigenvalue weighted by atomic mass is 10.2. The molecular formula is C21H16N6O4. The van der Waals surface area contributed by atoms with Crippen LogP contribution in [0.15, 0.2) is 79.4 Å². The number of benzene rings is 3. The second kappa shape index (κ2) is 8.41. The van der Waals surface area contributed by atoms with Crippen molar-refractivity contribution in [1.29, 1.82) is 0 Å². The van der Waals surface area contributed by atoms with Crippen molar-refractivity contribution in [2.75, 3.05) is 0 Å². The molecule has 0 unspecified atom stereocenters. The monoisotopic (exact) mass is 416 g/mol. The van der Waals surface area contributed by atoms with Crippen molar-refractivity contribution in [2.45, 2.75) is 6.54 Å². The van der Waals surface area contributed by atoms with Gasteiger partial charge in [0, 0.05) is 30.8 Å². The number of imidazole rings is 2. The number of aromatic nitrogens is 4. The van der Waals surface area contributed by atoms with Gasteiger partial charge in [-0.05, 0) is 17.7 Å². The van der Waals surface area contributed by atoms with E-state index in [-0.39, 0.29) is 11.4 Å². The molecule has 5 rings (SSSR count). The molecule has 2 heterocycles. The van der Waals surface area contributed by atoms with Crippen molar-refractivity contribution in [3.8, 4) is 0 Å². The van der Waals surface area contributed by atoms with Crippen LogP contribution in [-0.4, -0.2) is 29.4 Å². The third-order valence-corrected chi connectivity index (χ3v) is 4.63. The van der Waals surface area contributed by atoms with Gasteiger partial charge in [0.1, 0.15) is 0 Å². The average molecular weight is 416 g/mol. The molecule has 0 amide bonds. The number of fused-ring (bicyclic) bond motifs is 2. The topological polar surface area (TPSA) is 133 Å². The molecule has 10 nitrogen and oxygen atoms in total. The standard InChI is InChI=1S/C14H11N3O2.C7H5N3O2/c18-17(19)12-6-7-14-13(8-12)15-10-16(14)9-11-4-2-1-3-5-11;11-10(12)5-1-2-6-7(3-5)9-4-8-6/h1-8,10H,9H2;1-4H,(H,8,9). The summed E-state index contributed by atoms with van der Waals surface area (Å²) >= 11 is 0. The predicted molar refractivity (Wildman–Crippen MR) is 115 cm³/mol. The van der Waals surface area contributed by atoms with E-state index in [4.69, 9.17) is 0 Å². The number of rotatable bonds is 4. The zero-order valence-corrected chi connectivity index (χ0v) is 16.1. The second-order valence-corrected chi connectivity index (χ2v) is 6.65. The Balaban J connectivity index is 0.000000166. The molecule has 154 valence electrons. The van der Waals surface area contributed by atoms with Crippen LogP contribution in [0, 0.1) is 20.2 Å². The van der Waals surface area contributed by atoms with Gasteiger partial charge in [-0.25, -0.2) is 9.97 Å². The molecule has 10 heteroatoms. The molecule has 0 aliphatic rings. The summed E-state index contributed by atoms with van der Waals surface area (Å²) < 4.78 is 1.98. The van der Waals surface area contributed by atoms with Gasteiger partial charge in [0.05, 0.1) is 44.6 Å². The minimum absolute atomic E-state index is 0.0671. The van der Waals surface area contributed by atoms with E-state index in [1.165, 1.54) is 36.2 Å². The highest BCUT2D eigenvalue weighted by Crippen LogP contribution is 2.20. The van der Waals surface area contributed by atoms with E-state index >= 15 is 0 Å². The fourth-order valence-corrected chi connectivity index (χ4v) is 3.11. The summed E-state index contributed by atoms with van der Waals surface area (Å²) in [4.78, 5) is 31.2. The summed E-state index contributed by atoms with van der Waals surface area (Å²) in [5.41, 5.74) is 4.27. The molecular weight excluding hydrogens is 400 g/mol. The van der Waals surface area contributed by atoms with Gasteiger partial charge >= 0.3 is 0 Å². The van der Waals surface area contributed by atoms with Crippen molar-refractivity contribution in [1.82, 2.24) is 19.5 Å². The van der Waals surface area contributed by atoms with E-state index in [1.54, 1.807) is 18.5 Å². The Bertz CT molecular complexity index is 1380. The minimum atomic E-state index is -0.430. The molecule has 5 aromatic rings. The fourth-order valence-electron chi connectivity index (χ4n) is 3.11. The van der Waals surface area contributed by atoms with Gasteiger partial charge in [-0.15, -0.1) is 0 Å². The van der Waals surface area contributed by atoms with Crippen molar-refractivity contribution < 1.29 is 9.85 Å². The predicted octanol–water partition coefficient (Wildman–Crippen LogP) is 4.46. The Hall–Kier alpha value is -4.60. The first kappa shape index (κ1) is 19.7. The number of nitrogens with one attached hydrogen (secondary N) is 1. The van der Waals surface area contributed by atoms with Crippen LogP contribution in [0.4, 0.5) is 11.4 Å². The second-order valence-electron chi connectivity index (χ2n) is 6.65. The Morgan fingerprint density at radius 3 is 2.29 bits per heavy atom. The van der Waals surface area contributed by atoms with Gasteiger partial charge < -0.3 is 9.55 Å². The lowest BCUT2D eigenvalue weighted by Crippen LogP contribution is -1.97. The number of nitrogens with zero attached hydrogens (tertiary/aromatic N) is 5. The van der Waals surface area contributed by atoms with Crippen molar-refractivity contribution >= 4 is 33.4 Å². The Labute approximate surface area is 175 Å². The SMILES string of the molecule is O=[N+]([O-])c1ccc2c(c1)ncn2Cc1ccccc1.O=[N+]([O-])c1ccc2nc[nH]c2c1. The van der Waals surface area contributed by atoms with Gasteiger partial charge in [-0.2, -0.15) is 0 Å². The van der Waals surface area contributed by atoms with Crippen LogP contribution >= 0.6 is 0 Å². The smallest absolute Gasteiger partial charge is 0.271 e. The fraction of sp³-hybridized carbons (Fsp3) is 0.0476. The van der Waals surface area contributed by atoms with Crippen molar-refractivity contribution in [3.05, 3.63) is 105 Å². The molecule has 0 saturated heterocycles. The molecule has 0 saturated carbocycles. The van der Waals surface area contributed by atoms with Crippen molar-refractivity contribution in [3.63, 3.8) is 0 Å². The van der Waals surface area contributed by atoms with Gasteiger partial charge in [0.25, 0.3) is 11.4 Å². The van der Waals surface area contributed by atoms with Gasteiger partial charge in [-0.3, -0.25) is 20.2 Å². The summed E-state index contributed by atoms with van der Waals surface area (Å²) in [6, 6.07) is 19.3. The quantitative estimate of drug-likeness (QED) is 0.340. The number of H-pyrrole nitrogens is 1. The third kappa shape index (κ3) is 4.37. The molecule has 31 heavy (non-hydrogen) atoms.